The highest BCUT2D eigenvalue weighted by atomic mass is 16.5. The van der Waals surface area contributed by atoms with Gasteiger partial charge in [-0.25, -0.2) is 0 Å². The van der Waals surface area contributed by atoms with Gasteiger partial charge in [0.25, 0.3) is 0 Å². The summed E-state index contributed by atoms with van der Waals surface area (Å²) < 4.78 is 4.80. The fourth-order valence-corrected chi connectivity index (χ4v) is 3.14. The molecule has 1 aliphatic rings. The molecule has 3 heteroatoms. The molecule has 2 rings (SSSR count). The van der Waals surface area contributed by atoms with Crippen molar-refractivity contribution in [3.63, 3.8) is 0 Å². The van der Waals surface area contributed by atoms with Crippen LogP contribution in [-0.2, 0) is 22.5 Å². The van der Waals surface area contributed by atoms with Crippen molar-refractivity contribution in [2.24, 2.45) is 5.92 Å². The van der Waals surface area contributed by atoms with Gasteiger partial charge in [-0.15, -0.1) is 0 Å². The van der Waals surface area contributed by atoms with E-state index >= 15 is 0 Å². The monoisotopic (exact) mass is 289 g/mol. The molecule has 1 saturated heterocycles. The predicted molar refractivity (Wildman–Crippen MR) is 85.1 cm³/mol. The van der Waals surface area contributed by atoms with E-state index in [0.29, 0.717) is 6.42 Å². The van der Waals surface area contributed by atoms with E-state index in [0.717, 1.165) is 18.0 Å². The fourth-order valence-electron chi connectivity index (χ4n) is 3.14. The highest BCUT2D eigenvalue weighted by molar-refractivity contribution is 5.72. The Hall–Kier alpha value is -1.35. The lowest BCUT2D eigenvalue weighted by molar-refractivity contribution is -0.139. The summed E-state index contributed by atoms with van der Waals surface area (Å²) in [5.41, 5.74) is 2.36. The Kier molecular flexibility index (Phi) is 6.24. The first kappa shape index (κ1) is 16.0. The van der Waals surface area contributed by atoms with Gasteiger partial charge >= 0.3 is 5.97 Å². The second-order valence-corrected chi connectivity index (χ2v) is 6.00. The zero-order valence-electron chi connectivity index (χ0n) is 13.3. The van der Waals surface area contributed by atoms with Gasteiger partial charge in [0.2, 0.25) is 0 Å². The molecule has 0 aliphatic carbocycles. The number of nitrogens with zero attached hydrogens (tertiary/aromatic N) is 1. The van der Waals surface area contributed by atoms with Gasteiger partial charge < -0.3 is 4.74 Å². The number of likely N-dealkylation sites (tertiary alicyclic amines) is 1. The number of carbonyl (C=O) groups is 1. The highest BCUT2D eigenvalue weighted by Crippen LogP contribution is 2.22. The average Bonchev–Trinajstić information content (AvgIpc) is 2.74. The first-order valence-corrected chi connectivity index (χ1v) is 8.09. The second-order valence-electron chi connectivity index (χ2n) is 6.00. The van der Waals surface area contributed by atoms with Crippen molar-refractivity contribution in [3.8, 4) is 0 Å². The third-order valence-corrected chi connectivity index (χ3v) is 4.59. The lowest BCUT2D eigenvalue weighted by Gasteiger charge is -2.21. The Bertz CT molecular complexity index is 458. The molecule has 0 aromatic heterocycles. The van der Waals surface area contributed by atoms with Gasteiger partial charge in [0, 0.05) is 6.54 Å². The molecular weight excluding hydrogens is 262 g/mol. The Morgan fingerprint density at radius 2 is 2.00 bits per heavy atom. The van der Waals surface area contributed by atoms with Gasteiger partial charge in [0.1, 0.15) is 0 Å². The van der Waals surface area contributed by atoms with Crippen LogP contribution in [0.5, 0.6) is 0 Å². The van der Waals surface area contributed by atoms with Crippen molar-refractivity contribution in [2.75, 3.05) is 20.2 Å². The third kappa shape index (κ3) is 4.85. The van der Waals surface area contributed by atoms with Crippen LogP contribution in [0.4, 0.5) is 0 Å². The molecule has 1 aliphatic heterocycles. The quantitative estimate of drug-likeness (QED) is 0.778. The van der Waals surface area contributed by atoms with Gasteiger partial charge in [-0.05, 0) is 49.4 Å². The molecule has 0 radical (unpaired) electrons. The molecule has 0 bridgehead atoms. The average molecular weight is 289 g/mol. The predicted octanol–water partition coefficient (Wildman–Crippen LogP) is 3.41. The van der Waals surface area contributed by atoms with Crippen LogP contribution in [0, 0.1) is 5.92 Å². The van der Waals surface area contributed by atoms with Crippen LogP contribution in [0.1, 0.15) is 43.7 Å². The minimum Gasteiger partial charge on any atom is -0.469 e. The van der Waals surface area contributed by atoms with E-state index in [9.17, 15) is 4.79 Å². The number of benzene rings is 1. The number of carbonyl (C=O) groups excluding carboxylic acids is 1. The molecule has 1 heterocycles. The molecule has 3 nitrogen and oxygen atoms in total. The number of hydrogen-bond acceptors (Lipinski definition) is 3. The topological polar surface area (TPSA) is 29.5 Å². The van der Waals surface area contributed by atoms with Crippen LogP contribution in [0.25, 0.3) is 0 Å². The number of esters is 1. The molecule has 21 heavy (non-hydrogen) atoms. The number of rotatable bonds is 5. The number of ether oxygens (including phenoxy) is 1. The lowest BCUT2D eigenvalue weighted by atomic mass is 9.98. The molecule has 0 saturated carbocycles. The van der Waals surface area contributed by atoms with Gasteiger partial charge in [0.05, 0.1) is 13.5 Å². The van der Waals surface area contributed by atoms with Crippen LogP contribution >= 0.6 is 0 Å². The SMILES string of the molecule is CCC1CCCN(Cc2ccccc2CC(=O)OC)CC1. The Labute approximate surface area is 128 Å². The van der Waals surface area contributed by atoms with Crippen LogP contribution < -0.4 is 0 Å². The second kappa shape index (κ2) is 8.18. The molecule has 116 valence electrons. The summed E-state index contributed by atoms with van der Waals surface area (Å²) in [5.74, 6) is 0.727. The molecule has 1 aromatic rings. The van der Waals surface area contributed by atoms with Crippen molar-refractivity contribution in [3.05, 3.63) is 35.4 Å². The van der Waals surface area contributed by atoms with E-state index in [1.54, 1.807) is 0 Å². The number of hydrogen-bond donors (Lipinski definition) is 0. The summed E-state index contributed by atoms with van der Waals surface area (Å²) >= 11 is 0. The maximum Gasteiger partial charge on any atom is 0.309 e. The van der Waals surface area contributed by atoms with Crippen LogP contribution in [0.3, 0.4) is 0 Å². The molecule has 0 N–H and O–H groups in total. The standard InChI is InChI=1S/C18H27NO2/c1-3-15-7-6-11-19(12-10-15)14-17-9-5-4-8-16(17)13-18(20)21-2/h4-5,8-9,15H,3,6-7,10-14H2,1-2H3. The Morgan fingerprint density at radius 1 is 1.24 bits per heavy atom. The normalized spacial score (nSPS) is 20.0. The van der Waals surface area contributed by atoms with Crippen LogP contribution in [-0.4, -0.2) is 31.1 Å². The fraction of sp³-hybridized carbons (Fsp3) is 0.611. The van der Waals surface area contributed by atoms with Crippen LogP contribution in [0.2, 0.25) is 0 Å². The maximum atomic E-state index is 11.5. The molecule has 1 aromatic carbocycles. The lowest BCUT2D eigenvalue weighted by Crippen LogP contribution is -2.25. The van der Waals surface area contributed by atoms with Gasteiger partial charge in [-0.2, -0.15) is 0 Å². The zero-order valence-corrected chi connectivity index (χ0v) is 13.3. The first-order valence-electron chi connectivity index (χ1n) is 8.09. The Morgan fingerprint density at radius 3 is 2.71 bits per heavy atom. The minimum atomic E-state index is -0.163. The third-order valence-electron chi connectivity index (χ3n) is 4.59. The van der Waals surface area contributed by atoms with Gasteiger partial charge in [0.15, 0.2) is 0 Å². The van der Waals surface area contributed by atoms with Gasteiger partial charge in [-0.3, -0.25) is 9.69 Å². The maximum absolute atomic E-state index is 11.5. The molecule has 1 unspecified atom stereocenters. The van der Waals surface area contributed by atoms with Crippen molar-refractivity contribution >= 4 is 5.97 Å². The highest BCUT2D eigenvalue weighted by Gasteiger charge is 2.17. The molecule has 1 fully saturated rings. The van der Waals surface area contributed by atoms with Crippen LogP contribution in [0.15, 0.2) is 24.3 Å². The molecule has 0 spiro atoms. The molecule has 1 atom stereocenters. The summed E-state index contributed by atoms with van der Waals surface area (Å²) in [6.45, 7) is 5.59. The van der Waals surface area contributed by atoms with Crippen molar-refractivity contribution < 1.29 is 9.53 Å². The van der Waals surface area contributed by atoms with Crippen molar-refractivity contribution in [1.82, 2.24) is 4.90 Å². The van der Waals surface area contributed by atoms with E-state index in [4.69, 9.17) is 4.74 Å². The Balaban J connectivity index is 2.00. The summed E-state index contributed by atoms with van der Waals surface area (Å²) in [6, 6.07) is 8.24. The van der Waals surface area contributed by atoms with E-state index in [1.165, 1.54) is 51.4 Å². The summed E-state index contributed by atoms with van der Waals surface area (Å²) in [5, 5.41) is 0. The molecule has 0 amide bonds. The summed E-state index contributed by atoms with van der Waals surface area (Å²) in [7, 11) is 1.45. The van der Waals surface area contributed by atoms with E-state index in [1.807, 2.05) is 12.1 Å². The van der Waals surface area contributed by atoms with E-state index in [-0.39, 0.29) is 5.97 Å². The summed E-state index contributed by atoms with van der Waals surface area (Å²) in [6.07, 6.45) is 5.62. The van der Waals surface area contributed by atoms with Gasteiger partial charge in [-0.1, -0.05) is 37.6 Å². The summed E-state index contributed by atoms with van der Waals surface area (Å²) in [4.78, 5) is 14.1. The van der Waals surface area contributed by atoms with E-state index in [2.05, 4.69) is 24.0 Å². The van der Waals surface area contributed by atoms with E-state index < -0.39 is 0 Å². The zero-order chi connectivity index (χ0) is 15.1. The number of methoxy groups -OCH3 is 1. The van der Waals surface area contributed by atoms with Crippen molar-refractivity contribution in [1.29, 1.82) is 0 Å². The minimum absolute atomic E-state index is 0.163. The van der Waals surface area contributed by atoms with Crippen molar-refractivity contribution in [2.45, 2.75) is 45.6 Å². The first-order chi connectivity index (χ1) is 10.2. The largest absolute Gasteiger partial charge is 0.469 e. The molecular formula is C18H27NO2. The smallest absolute Gasteiger partial charge is 0.309 e.